The molecule has 2 aromatic rings. The quantitative estimate of drug-likeness (QED) is 0.899. The van der Waals surface area contributed by atoms with Crippen molar-refractivity contribution >= 4 is 17.2 Å². The number of carbonyl (C=O) groups is 1. The predicted molar refractivity (Wildman–Crippen MR) is 83.7 cm³/mol. The van der Waals surface area contributed by atoms with E-state index < -0.39 is 0 Å². The van der Waals surface area contributed by atoms with Gasteiger partial charge in [0.25, 0.3) is 5.91 Å². The van der Waals surface area contributed by atoms with Gasteiger partial charge in [0.15, 0.2) is 0 Å². The van der Waals surface area contributed by atoms with Crippen LogP contribution in [0.15, 0.2) is 12.4 Å². The number of aryl methyl sites for hydroxylation is 3. The Morgan fingerprint density at radius 3 is 2.73 bits per heavy atom. The molecule has 1 aliphatic carbocycles. The number of amides is 1. The molecule has 0 spiro atoms. The number of aromatic nitrogens is 3. The van der Waals surface area contributed by atoms with Crippen molar-refractivity contribution in [3.8, 4) is 0 Å². The summed E-state index contributed by atoms with van der Waals surface area (Å²) >= 11 is 1.41. The standard InChI is InChI=1S/C15H20N4O2S/c1-8-14(22-9(2)17-8)15(21)18-13(10-4-12(20)5-10)11-6-16-19(3)7-11/h6-7,10,12-13,20H,4-5H2,1-3H3,(H,18,21). The minimum absolute atomic E-state index is 0.0988. The van der Waals surface area contributed by atoms with Gasteiger partial charge in [-0.05, 0) is 32.6 Å². The first-order valence-corrected chi connectivity index (χ1v) is 8.17. The summed E-state index contributed by atoms with van der Waals surface area (Å²) < 4.78 is 1.73. The molecular formula is C15H20N4O2S. The molecule has 0 aliphatic heterocycles. The molecule has 0 bridgehead atoms. The van der Waals surface area contributed by atoms with E-state index in [-0.39, 0.29) is 24.0 Å². The van der Waals surface area contributed by atoms with Crippen molar-refractivity contribution in [3.05, 3.63) is 33.5 Å². The fourth-order valence-corrected chi connectivity index (χ4v) is 3.75. The van der Waals surface area contributed by atoms with Crippen LogP contribution in [0, 0.1) is 19.8 Å². The summed E-state index contributed by atoms with van der Waals surface area (Å²) in [6.45, 7) is 3.75. The molecule has 3 rings (SSSR count). The smallest absolute Gasteiger partial charge is 0.263 e. The van der Waals surface area contributed by atoms with Gasteiger partial charge in [-0.3, -0.25) is 9.48 Å². The lowest BCUT2D eigenvalue weighted by Gasteiger charge is -2.37. The second-order valence-corrected chi connectivity index (χ2v) is 7.13. The second-order valence-electron chi connectivity index (χ2n) is 5.93. The molecule has 1 unspecified atom stereocenters. The Balaban J connectivity index is 1.81. The summed E-state index contributed by atoms with van der Waals surface area (Å²) in [6.07, 6.45) is 4.86. The topological polar surface area (TPSA) is 80.0 Å². The molecule has 2 N–H and O–H groups in total. The molecule has 1 aliphatic rings. The number of thiazole rings is 1. The molecule has 0 aromatic carbocycles. The molecule has 0 saturated heterocycles. The third-order valence-corrected chi connectivity index (χ3v) is 5.17. The molecule has 118 valence electrons. The van der Waals surface area contributed by atoms with E-state index in [4.69, 9.17) is 0 Å². The molecule has 1 amide bonds. The van der Waals surface area contributed by atoms with Gasteiger partial charge in [0.1, 0.15) is 4.88 Å². The number of rotatable bonds is 4. The van der Waals surface area contributed by atoms with Crippen molar-refractivity contribution in [3.63, 3.8) is 0 Å². The van der Waals surface area contributed by atoms with Crippen LogP contribution in [0.2, 0.25) is 0 Å². The normalized spacial score (nSPS) is 22.2. The van der Waals surface area contributed by atoms with Crippen LogP contribution in [0.1, 0.15) is 44.8 Å². The van der Waals surface area contributed by atoms with E-state index in [1.165, 1.54) is 11.3 Å². The molecule has 1 saturated carbocycles. The van der Waals surface area contributed by atoms with Crippen molar-refractivity contribution in [2.24, 2.45) is 13.0 Å². The lowest BCUT2D eigenvalue weighted by molar-refractivity contribution is 0.0235. The van der Waals surface area contributed by atoms with E-state index in [1.807, 2.05) is 27.1 Å². The van der Waals surface area contributed by atoms with Gasteiger partial charge in [0.05, 0.1) is 29.0 Å². The number of nitrogens with one attached hydrogen (secondary N) is 1. The van der Waals surface area contributed by atoms with Gasteiger partial charge >= 0.3 is 0 Å². The van der Waals surface area contributed by atoms with Crippen LogP contribution in [0.5, 0.6) is 0 Å². The lowest BCUT2D eigenvalue weighted by Crippen LogP contribution is -2.41. The van der Waals surface area contributed by atoms with Crippen molar-refractivity contribution < 1.29 is 9.90 Å². The highest BCUT2D eigenvalue weighted by atomic mass is 32.1. The maximum atomic E-state index is 12.6. The number of aliphatic hydroxyl groups excluding tert-OH is 1. The fourth-order valence-electron chi connectivity index (χ4n) is 2.92. The number of hydrogen-bond donors (Lipinski definition) is 2. The molecule has 1 atom stereocenters. The highest BCUT2D eigenvalue weighted by Crippen LogP contribution is 2.38. The lowest BCUT2D eigenvalue weighted by atomic mass is 9.75. The molecule has 2 aromatic heterocycles. The third kappa shape index (κ3) is 2.91. The highest BCUT2D eigenvalue weighted by Gasteiger charge is 2.36. The van der Waals surface area contributed by atoms with E-state index in [1.54, 1.807) is 10.9 Å². The average Bonchev–Trinajstić information content (AvgIpc) is 2.98. The third-order valence-electron chi connectivity index (χ3n) is 4.10. The van der Waals surface area contributed by atoms with E-state index in [9.17, 15) is 9.90 Å². The SMILES string of the molecule is Cc1nc(C)c(C(=O)NC(c2cnn(C)c2)C2CC(O)C2)s1. The predicted octanol–water partition coefficient (Wildman–Crippen LogP) is 1.74. The Bertz CT molecular complexity index is 688. The summed E-state index contributed by atoms with van der Waals surface area (Å²) in [6, 6.07) is -0.119. The van der Waals surface area contributed by atoms with Crippen LogP contribution >= 0.6 is 11.3 Å². The van der Waals surface area contributed by atoms with E-state index in [0.29, 0.717) is 17.7 Å². The fraction of sp³-hybridized carbons (Fsp3) is 0.533. The van der Waals surface area contributed by atoms with Gasteiger partial charge < -0.3 is 10.4 Å². The van der Waals surface area contributed by atoms with Gasteiger partial charge in [0.2, 0.25) is 0 Å². The van der Waals surface area contributed by atoms with E-state index >= 15 is 0 Å². The van der Waals surface area contributed by atoms with Crippen LogP contribution in [0.25, 0.3) is 0 Å². The molecule has 7 heteroatoms. The van der Waals surface area contributed by atoms with Crippen molar-refractivity contribution in [1.29, 1.82) is 0 Å². The Morgan fingerprint density at radius 2 is 2.23 bits per heavy atom. The number of aliphatic hydroxyl groups is 1. The summed E-state index contributed by atoms with van der Waals surface area (Å²) in [5.41, 5.74) is 1.74. The summed E-state index contributed by atoms with van der Waals surface area (Å²) in [5.74, 6) is 0.149. The second kappa shape index (κ2) is 5.81. The minimum atomic E-state index is -0.256. The highest BCUT2D eigenvalue weighted by molar-refractivity contribution is 7.13. The molecule has 6 nitrogen and oxygen atoms in total. The number of hydrogen-bond acceptors (Lipinski definition) is 5. The Kier molecular flexibility index (Phi) is 4.01. The average molecular weight is 320 g/mol. The first-order valence-electron chi connectivity index (χ1n) is 7.35. The Labute approximate surface area is 133 Å². The summed E-state index contributed by atoms with van der Waals surface area (Å²) in [7, 11) is 1.86. The Hall–Kier alpha value is -1.73. The zero-order chi connectivity index (χ0) is 15.9. The van der Waals surface area contributed by atoms with Crippen molar-refractivity contribution in [2.75, 3.05) is 0 Å². The van der Waals surface area contributed by atoms with Crippen molar-refractivity contribution in [1.82, 2.24) is 20.1 Å². The first kappa shape index (κ1) is 15.2. The minimum Gasteiger partial charge on any atom is -0.393 e. The van der Waals surface area contributed by atoms with Gasteiger partial charge in [-0.25, -0.2) is 4.98 Å². The molecule has 22 heavy (non-hydrogen) atoms. The van der Waals surface area contributed by atoms with Gasteiger partial charge in [-0.1, -0.05) is 0 Å². The summed E-state index contributed by atoms with van der Waals surface area (Å²) in [4.78, 5) is 17.5. The van der Waals surface area contributed by atoms with Crippen LogP contribution in [-0.4, -0.2) is 31.9 Å². The van der Waals surface area contributed by atoms with Gasteiger partial charge in [0, 0.05) is 18.8 Å². The molecular weight excluding hydrogens is 300 g/mol. The van der Waals surface area contributed by atoms with Crippen LogP contribution in [0.3, 0.4) is 0 Å². The van der Waals surface area contributed by atoms with Crippen LogP contribution in [-0.2, 0) is 7.05 Å². The number of carbonyl (C=O) groups excluding carboxylic acids is 1. The maximum absolute atomic E-state index is 12.6. The van der Waals surface area contributed by atoms with Crippen molar-refractivity contribution in [2.45, 2.75) is 38.8 Å². The zero-order valence-corrected chi connectivity index (χ0v) is 13.7. The first-order chi connectivity index (χ1) is 10.4. The van der Waals surface area contributed by atoms with E-state index in [2.05, 4.69) is 15.4 Å². The molecule has 2 heterocycles. The van der Waals surface area contributed by atoms with E-state index in [0.717, 1.165) is 16.3 Å². The zero-order valence-electron chi connectivity index (χ0n) is 12.9. The Morgan fingerprint density at radius 1 is 1.50 bits per heavy atom. The van der Waals surface area contributed by atoms with Gasteiger partial charge in [-0.2, -0.15) is 5.10 Å². The monoisotopic (exact) mass is 320 g/mol. The maximum Gasteiger partial charge on any atom is 0.263 e. The van der Waals surface area contributed by atoms with Gasteiger partial charge in [-0.15, -0.1) is 11.3 Å². The van der Waals surface area contributed by atoms with Crippen LogP contribution in [0.4, 0.5) is 0 Å². The summed E-state index contributed by atoms with van der Waals surface area (Å²) in [5, 5.41) is 17.8. The number of nitrogens with zero attached hydrogens (tertiary/aromatic N) is 3. The van der Waals surface area contributed by atoms with Crippen LogP contribution < -0.4 is 5.32 Å². The largest absolute Gasteiger partial charge is 0.393 e. The molecule has 1 fully saturated rings. The molecule has 0 radical (unpaired) electrons.